The fraction of sp³-hybridized carbons (Fsp3) is 0.375. The fourth-order valence-electron chi connectivity index (χ4n) is 2.40. The monoisotopic (exact) mass is 534 g/mol. The van der Waals surface area contributed by atoms with Gasteiger partial charge in [0.05, 0.1) is 6.10 Å². The molecule has 144 valence electrons. The first kappa shape index (κ1) is 23.5. The van der Waals surface area contributed by atoms with Crippen molar-refractivity contribution in [3.05, 3.63) is 48.0 Å². The molecule has 0 saturated carbocycles. The maximum atomic E-state index is 10.7. The summed E-state index contributed by atoms with van der Waals surface area (Å²) in [6, 6.07) is 13.2. The van der Waals surface area contributed by atoms with E-state index in [2.05, 4.69) is 0 Å². The highest BCUT2D eigenvalue weighted by molar-refractivity contribution is 6.80. The summed E-state index contributed by atoms with van der Waals surface area (Å²) in [7, 11) is 0. The summed E-state index contributed by atoms with van der Waals surface area (Å²) in [5, 5.41) is 12.5. The van der Waals surface area contributed by atoms with Gasteiger partial charge in [-0.05, 0) is 16.3 Å². The van der Waals surface area contributed by atoms with Crippen molar-refractivity contribution in [2.75, 3.05) is 0 Å². The molecule has 0 spiro atoms. The molecule has 0 aromatic heterocycles. The Kier molecular flexibility index (Phi) is 7.41. The summed E-state index contributed by atoms with van der Waals surface area (Å²) in [5.74, 6) is 0. The minimum Gasteiger partial charge on any atom is -0.390 e. The highest BCUT2D eigenvalue weighted by Gasteiger charge is 2.69. The summed E-state index contributed by atoms with van der Waals surface area (Å²) >= 11 is 54.4. The largest absolute Gasteiger partial charge is 0.390 e. The van der Waals surface area contributed by atoms with Gasteiger partial charge in [0, 0.05) is 6.42 Å². The Hall–Kier alpha value is 1.27. The number of benzene rings is 2. The van der Waals surface area contributed by atoms with Gasteiger partial charge in [-0.2, -0.15) is 0 Å². The van der Waals surface area contributed by atoms with Gasteiger partial charge in [0.15, 0.2) is 13.0 Å². The number of alkyl halides is 9. The van der Waals surface area contributed by atoms with E-state index in [0.717, 1.165) is 16.3 Å². The number of hydrogen-bond acceptors (Lipinski definition) is 1. The smallest absolute Gasteiger partial charge is 0.226 e. The molecule has 2 aromatic carbocycles. The zero-order valence-electron chi connectivity index (χ0n) is 12.7. The first-order valence-electron chi connectivity index (χ1n) is 7.08. The number of halogens is 9. The molecule has 0 bridgehead atoms. The third kappa shape index (κ3) is 4.24. The predicted octanol–water partition coefficient (Wildman–Crippen LogP) is 7.64. The second-order valence-corrected chi connectivity index (χ2v) is 11.9. The van der Waals surface area contributed by atoms with Crippen LogP contribution in [-0.4, -0.2) is 28.0 Å². The average Bonchev–Trinajstić information content (AvgIpc) is 2.53. The number of rotatable bonds is 5. The molecule has 2 aromatic rings. The SMILES string of the molecule is OC(Cc1cccc2ccccc12)C(Cl)(Cl)C(Cl)(Cl)C(Cl)(Cl)C(Cl)(Cl)Cl. The van der Waals surface area contributed by atoms with Crippen LogP contribution in [0.3, 0.4) is 0 Å². The lowest BCUT2D eigenvalue weighted by Gasteiger charge is -2.45. The minimum atomic E-state index is -2.44. The van der Waals surface area contributed by atoms with Crippen LogP contribution in [0.25, 0.3) is 10.8 Å². The van der Waals surface area contributed by atoms with Gasteiger partial charge in [0.25, 0.3) is 0 Å². The molecule has 1 atom stereocenters. The highest BCUT2D eigenvalue weighted by atomic mass is 35.6. The van der Waals surface area contributed by atoms with Crippen LogP contribution in [0, 0.1) is 0 Å². The van der Waals surface area contributed by atoms with E-state index in [4.69, 9.17) is 104 Å². The van der Waals surface area contributed by atoms with E-state index in [1.165, 1.54) is 0 Å². The topological polar surface area (TPSA) is 20.2 Å². The van der Waals surface area contributed by atoms with Crippen LogP contribution in [0.1, 0.15) is 5.56 Å². The molecule has 0 radical (unpaired) electrons. The van der Waals surface area contributed by atoms with Crippen LogP contribution < -0.4 is 0 Å². The Morgan fingerprint density at radius 1 is 0.731 bits per heavy atom. The summed E-state index contributed by atoms with van der Waals surface area (Å²) in [6.07, 6.45) is -1.49. The zero-order chi connectivity index (χ0) is 20.0. The van der Waals surface area contributed by atoms with Gasteiger partial charge in [-0.15, -0.1) is 0 Å². The lowest BCUT2D eigenvalue weighted by Crippen LogP contribution is -2.60. The van der Waals surface area contributed by atoms with Crippen molar-refractivity contribution in [1.29, 1.82) is 0 Å². The first-order valence-corrected chi connectivity index (χ1v) is 10.5. The van der Waals surface area contributed by atoms with E-state index < -0.39 is 22.9 Å². The minimum absolute atomic E-state index is 0.000736. The summed E-state index contributed by atoms with van der Waals surface area (Å²) in [5.41, 5.74) is 0.758. The quantitative estimate of drug-likeness (QED) is 0.388. The molecule has 0 aliphatic carbocycles. The fourth-order valence-corrected chi connectivity index (χ4v) is 4.58. The molecule has 0 saturated heterocycles. The molecule has 0 heterocycles. The lowest BCUT2D eigenvalue weighted by atomic mass is 9.97. The second kappa shape index (κ2) is 8.19. The predicted molar refractivity (Wildman–Crippen MR) is 117 cm³/mol. The standard InChI is InChI=1S/C16H11Cl9O/c17-13(18,14(19,20)15(21,22)16(23,24)25)12(26)8-10-6-3-5-9-4-1-2-7-11(9)10/h1-7,12,26H,8H2. The van der Waals surface area contributed by atoms with Gasteiger partial charge in [-0.3, -0.25) is 0 Å². The van der Waals surface area contributed by atoms with Crippen molar-refractivity contribution >= 4 is 115 Å². The summed E-state index contributed by atoms with van der Waals surface area (Å²) in [4.78, 5) is 0. The molecule has 1 nitrogen and oxygen atoms in total. The number of hydrogen-bond donors (Lipinski definition) is 1. The number of fused-ring (bicyclic) bond motifs is 1. The van der Waals surface area contributed by atoms with Crippen LogP contribution in [-0.2, 0) is 6.42 Å². The molecule has 10 heteroatoms. The van der Waals surface area contributed by atoms with E-state index in [1.807, 2.05) is 42.5 Å². The molecule has 1 N–H and O–H groups in total. The molecule has 1 unspecified atom stereocenters. The van der Waals surface area contributed by atoms with Gasteiger partial charge in [-0.25, -0.2) is 0 Å². The van der Waals surface area contributed by atoms with Crippen LogP contribution >= 0.6 is 104 Å². The molecule has 26 heavy (non-hydrogen) atoms. The molecular formula is C16H11Cl9O. The molecule has 0 aliphatic heterocycles. The van der Waals surface area contributed by atoms with E-state index in [9.17, 15) is 5.11 Å². The van der Waals surface area contributed by atoms with E-state index in [0.29, 0.717) is 0 Å². The molecule has 0 amide bonds. The maximum Gasteiger partial charge on any atom is 0.226 e. The Morgan fingerprint density at radius 2 is 1.27 bits per heavy atom. The zero-order valence-corrected chi connectivity index (χ0v) is 19.5. The van der Waals surface area contributed by atoms with Crippen molar-refractivity contribution in [1.82, 2.24) is 0 Å². The van der Waals surface area contributed by atoms with Gasteiger partial charge in [0.2, 0.25) is 3.79 Å². The van der Waals surface area contributed by atoms with Gasteiger partial charge in [0.1, 0.15) is 0 Å². The molecular weight excluding hydrogens is 527 g/mol. The third-order valence-corrected chi connectivity index (χ3v) is 9.45. The van der Waals surface area contributed by atoms with Crippen LogP contribution in [0.2, 0.25) is 0 Å². The van der Waals surface area contributed by atoms with E-state index >= 15 is 0 Å². The lowest BCUT2D eigenvalue weighted by molar-refractivity contribution is 0.146. The highest BCUT2D eigenvalue weighted by Crippen LogP contribution is 2.63. The van der Waals surface area contributed by atoms with Gasteiger partial charge >= 0.3 is 0 Å². The summed E-state index contributed by atoms with van der Waals surface area (Å²) < 4.78 is -9.49. The maximum absolute atomic E-state index is 10.7. The van der Waals surface area contributed by atoms with E-state index in [1.54, 1.807) is 0 Å². The van der Waals surface area contributed by atoms with Gasteiger partial charge < -0.3 is 5.11 Å². The molecule has 0 fully saturated rings. The Bertz CT molecular complexity index is 777. The van der Waals surface area contributed by atoms with Crippen molar-refractivity contribution < 1.29 is 5.11 Å². The Labute approximate surface area is 196 Å². The normalized spacial score (nSPS) is 15.3. The Morgan fingerprint density at radius 3 is 1.85 bits per heavy atom. The van der Waals surface area contributed by atoms with Crippen molar-refractivity contribution in [3.8, 4) is 0 Å². The first-order chi connectivity index (χ1) is 11.7. The Balaban J connectivity index is 2.39. The van der Waals surface area contributed by atoms with Crippen LogP contribution in [0.4, 0.5) is 0 Å². The van der Waals surface area contributed by atoms with Crippen LogP contribution in [0.15, 0.2) is 42.5 Å². The number of aliphatic hydroxyl groups excluding tert-OH is 1. The van der Waals surface area contributed by atoms with Crippen molar-refractivity contribution in [2.24, 2.45) is 0 Å². The second-order valence-electron chi connectivity index (χ2n) is 5.63. The molecule has 2 rings (SSSR count). The van der Waals surface area contributed by atoms with E-state index in [-0.39, 0.29) is 6.42 Å². The van der Waals surface area contributed by atoms with Gasteiger partial charge in [-0.1, -0.05) is 147 Å². The number of aliphatic hydroxyl groups is 1. The van der Waals surface area contributed by atoms with Crippen LogP contribution in [0.5, 0.6) is 0 Å². The average molecular weight is 538 g/mol. The summed E-state index contributed by atoms with van der Waals surface area (Å²) in [6.45, 7) is 0. The van der Waals surface area contributed by atoms with Crippen molar-refractivity contribution in [2.45, 2.75) is 29.3 Å². The molecule has 0 aliphatic rings. The third-order valence-electron chi connectivity index (χ3n) is 3.88. The van der Waals surface area contributed by atoms with Crippen molar-refractivity contribution in [3.63, 3.8) is 0 Å².